The summed E-state index contributed by atoms with van der Waals surface area (Å²) in [5.41, 5.74) is 1.35. The molecule has 0 aromatic carbocycles. The Morgan fingerprint density at radius 2 is 1.00 bits per heavy atom. The standard InChI is InChI=1S/C31H28N4O6S2/c36-28-24(20-6-1-16-40-20)26(22-8-3-18-42-22)30(38)34(28)14-12-32-10-5-11-33-13-15-35-29(37)25(21-7-2-17-41-21)27(31(35)39)23-9-4-19-43-23/h1-4,6-9,16-19,32-33H,5,10-15H2. The van der Waals surface area contributed by atoms with Crippen LogP contribution in [-0.2, 0) is 19.2 Å². The zero-order valence-electron chi connectivity index (χ0n) is 23.0. The third-order valence-corrected chi connectivity index (χ3v) is 8.91. The molecule has 4 amide bonds. The van der Waals surface area contributed by atoms with Crippen LogP contribution < -0.4 is 10.6 Å². The van der Waals surface area contributed by atoms with E-state index in [2.05, 4.69) is 10.6 Å². The minimum absolute atomic E-state index is 0.237. The second kappa shape index (κ2) is 12.9. The Kier molecular flexibility index (Phi) is 8.61. The van der Waals surface area contributed by atoms with E-state index in [0.29, 0.717) is 60.0 Å². The van der Waals surface area contributed by atoms with Crippen molar-refractivity contribution in [3.05, 3.63) is 93.1 Å². The van der Waals surface area contributed by atoms with E-state index in [0.717, 1.165) is 16.2 Å². The molecule has 2 aliphatic rings. The fourth-order valence-corrected chi connectivity index (χ4v) is 6.66. The van der Waals surface area contributed by atoms with E-state index in [4.69, 9.17) is 8.83 Å². The van der Waals surface area contributed by atoms with E-state index in [1.165, 1.54) is 45.0 Å². The van der Waals surface area contributed by atoms with Crippen LogP contribution in [0, 0.1) is 0 Å². The molecular formula is C31H28N4O6S2. The Balaban J connectivity index is 0.939. The van der Waals surface area contributed by atoms with Crippen molar-refractivity contribution in [1.29, 1.82) is 0 Å². The smallest absolute Gasteiger partial charge is 0.265 e. The number of carbonyl (C=O) groups is 4. The molecule has 2 N–H and O–H groups in total. The van der Waals surface area contributed by atoms with E-state index in [9.17, 15) is 19.2 Å². The number of nitrogens with one attached hydrogen (secondary N) is 2. The van der Waals surface area contributed by atoms with Gasteiger partial charge in [0.1, 0.15) is 11.5 Å². The second-order valence-electron chi connectivity index (χ2n) is 9.79. The minimum Gasteiger partial charge on any atom is -0.464 e. The highest BCUT2D eigenvalue weighted by Gasteiger charge is 2.42. The summed E-state index contributed by atoms with van der Waals surface area (Å²) in [6.07, 6.45) is 3.75. The topological polar surface area (TPSA) is 125 Å². The van der Waals surface area contributed by atoms with E-state index in [1.807, 2.05) is 35.0 Å². The van der Waals surface area contributed by atoms with E-state index in [1.54, 1.807) is 24.3 Å². The number of nitrogens with zero attached hydrogens (tertiary/aromatic N) is 2. The van der Waals surface area contributed by atoms with Crippen molar-refractivity contribution in [1.82, 2.24) is 20.4 Å². The SMILES string of the molecule is O=C1C(c2ccco2)=C(c2cccs2)C(=O)N1CCNCCCNCCN1C(=O)C(c2ccco2)=C(c2cccs2)C1=O. The molecule has 0 fully saturated rings. The van der Waals surface area contributed by atoms with Crippen LogP contribution in [0.15, 0.2) is 80.7 Å². The average molecular weight is 617 g/mol. The number of imide groups is 2. The van der Waals surface area contributed by atoms with Crippen molar-refractivity contribution < 1.29 is 28.0 Å². The molecule has 43 heavy (non-hydrogen) atoms. The molecule has 220 valence electrons. The molecule has 0 radical (unpaired) electrons. The van der Waals surface area contributed by atoms with Gasteiger partial charge in [-0.15, -0.1) is 22.7 Å². The van der Waals surface area contributed by atoms with Gasteiger partial charge in [-0.25, -0.2) is 0 Å². The molecule has 4 aromatic rings. The number of thiophene rings is 2. The summed E-state index contributed by atoms with van der Waals surface area (Å²) < 4.78 is 10.9. The molecule has 4 aromatic heterocycles. The maximum absolute atomic E-state index is 13.2. The molecule has 0 unspecified atom stereocenters. The molecule has 0 saturated heterocycles. The minimum atomic E-state index is -0.357. The van der Waals surface area contributed by atoms with Gasteiger partial charge in [-0.2, -0.15) is 0 Å². The summed E-state index contributed by atoms with van der Waals surface area (Å²) in [5, 5.41) is 10.3. The van der Waals surface area contributed by atoms with Crippen molar-refractivity contribution in [3.8, 4) is 0 Å². The first-order valence-corrected chi connectivity index (χ1v) is 15.6. The van der Waals surface area contributed by atoms with Crippen molar-refractivity contribution in [2.75, 3.05) is 39.3 Å². The van der Waals surface area contributed by atoms with Gasteiger partial charge in [0.2, 0.25) is 0 Å². The third-order valence-electron chi connectivity index (χ3n) is 7.14. The monoisotopic (exact) mass is 616 g/mol. The number of amides is 4. The predicted molar refractivity (Wildman–Crippen MR) is 163 cm³/mol. The first kappa shape index (κ1) is 28.7. The van der Waals surface area contributed by atoms with Gasteiger partial charge in [-0.05, 0) is 66.7 Å². The third kappa shape index (κ3) is 5.69. The number of hydrogen-bond acceptors (Lipinski definition) is 10. The number of rotatable bonds is 14. The second-order valence-corrected chi connectivity index (χ2v) is 11.7. The van der Waals surface area contributed by atoms with Gasteiger partial charge in [0.05, 0.1) is 34.8 Å². The maximum atomic E-state index is 13.2. The number of carbonyl (C=O) groups excluding carboxylic acids is 4. The highest BCUT2D eigenvalue weighted by atomic mass is 32.1. The molecule has 6 heterocycles. The van der Waals surface area contributed by atoms with Gasteiger partial charge in [-0.3, -0.25) is 29.0 Å². The summed E-state index contributed by atoms with van der Waals surface area (Å²) >= 11 is 2.82. The van der Waals surface area contributed by atoms with Crippen molar-refractivity contribution in [2.24, 2.45) is 0 Å². The highest BCUT2D eigenvalue weighted by Crippen LogP contribution is 2.38. The van der Waals surface area contributed by atoms with Crippen LogP contribution in [-0.4, -0.2) is 72.7 Å². The lowest BCUT2D eigenvalue weighted by atomic mass is 10.1. The number of furan rings is 2. The molecule has 0 spiro atoms. The predicted octanol–water partition coefficient (Wildman–Crippen LogP) is 3.82. The van der Waals surface area contributed by atoms with Gasteiger partial charge in [0.15, 0.2) is 0 Å². The molecule has 6 rings (SSSR count). The Bertz CT molecular complexity index is 1430. The normalized spacial score (nSPS) is 15.7. The lowest BCUT2D eigenvalue weighted by Crippen LogP contribution is -2.39. The fourth-order valence-electron chi connectivity index (χ4n) is 5.13. The average Bonchev–Trinajstić information content (AvgIpc) is 3.85. The van der Waals surface area contributed by atoms with Crippen molar-refractivity contribution >= 4 is 68.6 Å². The zero-order chi connectivity index (χ0) is 29.8. The first-order chi connectivity index (χ1) is 21.1. The lowest BCUT2D eigenvalue weighted by Gasteiger charge is -2.16. The van der Waals surface area contributed by atoms with Crippen LogP contribution in [0.3, 0.4) is 0 Å². The first-order valence-electron chi connectivity index (χ1n) is 13.8. The molecule has 0 bridgehead atoms. The van der Waals surface area contributed by atoms with Crippen LogP contribution in [0.25, 0.3) is 22.3 Å². The number of hydrogen-bond donors (Lipinski definition) is 2. The summed E-state index contributed by atoms with van der Waals surface area (Å²) in [6.45, 7) is 2.69. The zero-order valence-corrected chi connectivity index (χ0v) is 24.7. The Labute approximate surface area is 255 Å². The molecule has 0 atom stereocenters. The molecule has 12 heteroatoms. The quantitative estimate of drug-likeness (QED) is 0.162. The maximum Gasteiger partial charge on any atom is 0.265 e. The van der Waals surface area contributed by atoms with E-state index < -0.39 is 0 Å². The van der Waals surface area contributed by atoms with Crippen LogP contribution in [0.5, 0.6) is 0 Å². The van der Waals surface area contributed by atoms with Gasteiger partial charge in [0, 0.05) is 35.9 Å². The van der Waals surface area contributed by atoms with Crippen LogP contribution in [0.4, 0.5) is 0 Å². The Morgan fingerprint density at radius 3 is 1.37 bits per heavy atom. The van der Waals surface area contributed by atoms with Crippen LogP contribution in [0.1, 0.15) is 27.7 Å². The van der Waals surface area contributed by atoms with Gasteiger partial charge < -0.3 is 19.5 Å². The van der Waals surface area contributed by atoms with Crippen LogP contribution in [0.2, 0.25) is 0 Å². The van der Waals surface area contributed by atoms with Crippen molar-refractivity contribution in [3.63, 3.8) is 0 Å². The molecule has 10 nitrogen and oxygen atoms in total. The van der Waals surface area contributed by atoms with E-state index >= 15 is 0 Å². The Hall–Kier alpha value is -4.36. The van der Waals surface area contributed by atoms with Gasteiger partial charge >= 0.3 is 0 Å². The van der Waals surface area contributed by atoms with E-state index in [-0.39, 0.29) is 36.7 Å². The molecular weight excluding hydrogens is 588 g/mol. The lowest BCUT2D eigenvalue weighted by molar-refractivity contribution is -0.137. The summed E-state index contributed by atoms with van der Waals surface area (Å²) in [6, 6.07) is 14.1. The summed E-state index contributed by atoms with van der Waals surface area (Å²) in [4.78, 5) is 56.8. The summed E-state index contributed by atoms with van der Waals surface area (Å²) in [7, 11) is 0. The molecule has 2 aliphatic heterocycles. The summed E-state index contributed by atoms with van der Waals surface area (Å²) in [5.74, 6) is -0.581. The van der Waals surface area contributed by atoms with Crippen molar-refractivity contribution in [2.45, 2.75) is 6.42 Å². The molecule has 0 aliphatic carbocycles. The fraction of sp³-hybridized carbons (Fsp3) is 0.226. The largest absolute Gasteiger partial charge is 0.464 e. The highest BCUT2D eigenvalue weighted by molar-refractivity contribution is 7.12. The Morgan fingerprint density at radius 1 is 0.558 bits per heavy atom. The van der Waals surface area contributed by atoms with Crippen LogP contribution >= 0.6 is 22.7 Å². The van der Waals surface area contributed by atoms with Gasteiger partial charge in [0.25, 0.3) is 23.6 Å². The van der Waals surface area contributed by atoms with Gasteiger partial charge in [-0.1, -0.05) is 12.1 Å². The molecule has 0 saturated carbocycles.